The number of carbonyl (C=O) groups is 2. The Morgan fingerprint density at radius 2 is 1.62 bits per heavy atom. The fourth-order valence-electron chi connectivity index (χ4n) is 5.51. The molecular formula is C26H20F6N2O3. The molecule has 3 aliphatic rings. The molecular weight excluding hydrogens is 502 g/mol. The van der Waals surface area contributed by atoms with Crippen LogP contribution in [0.15, 0.2) is 64.9 Å². The van der Waals surface area contributed by atoms with E-state index in [0.29, 0.717) is 6.42 Å². The molecule has 2 aliphatic heterocycles. The van der Waals surface area contributed by atoms with Gasteiger partial charge < -0.3 is 10.4 Å². The first-order chi connectivity index (χ1) is 17.2. The Balaban J connectivity index is 1.63. The number of halogens is 6. The van der Waals surface area contributed by atoms with Gasteiger partial charge in [0.25, 0.3) is 11.8 Å². The van der Waals surface area contributed by atoms with Crippen molar-refractivity contribution in [3.8, 4) is 0 Å². The minimum Gasteiger partial charge on any atom is -0.509 e. The Hall–Kier alpha value is -3.76. The third-order valence-electron chi connectivity index (χ3n) is 7.36. The highest BCUT2D eigenvalue weighted by Gasteiger charge is 2.49. The molecule has 0 bridgehead atoms. The van der Waals surface area contributed by atoms with Crippen LogP contribution in [0.5, 0.6) is 0 Å². The van der Waals surface area contributed by atoms with E-state index in [1.54, 1.807) is 0 Å². The van der Waals surface area contributed by atoms with Gasteiger partial charge in [0, 0.05) is 17.2 Å². The molecule has 0 spiro atoms. The van der Waals surface area contributed by atoms with Crippen molar-refractivity contribution in [1.82, 2.24) is 5.32 Å². The highest BCUT2D eigenvalue weighted by molar-refractivity contribution is 6.11. The van der Waals surface area contributed by atoms with Crippen LogP contribution in [0.1, 0.15) is 42.1 Å². The number of fused-ring (bicyclic) bond motifs is 3. The van der Waals surface area contributed by atoms with Gasteiger partial charge in [-0.25, -0.2) is 0 Å². The van der Waals surface area contributed by atoms with Crippen LogP contribution >= 0.6 is 0 Å². The predicted octanol–water partition coefficient (Wildman–Crippen LogP) is 5.63. The van der Waals surface area contributed by atoms with Gasteiger partial charge in [-0.05, 0) is 55.2 Å². The Morgan fingerprint density at radius 1 is 0.973 bits per heavy atom. The van der Waals surface area contributed by atoms with Crippen molar-refractivity contribution in [2.24, 2.45) is 5.92 Å². The van der Waals surface area contributed by atoms with E-state index in [9.17, 15) is 41.0 Å². The normalized spacial score (nSPS) is 25.0. The molecule has 0 saturated carbocycles. The SMILES string of the molecule is CC1=C(C)C(/C(O)=C2\C(=O)NC3c4ccccc4CC23)N(c2ccc(C(F)(F)F)c(C(F)(F)F)c2)C1=O. The summed E-state index contributed by atoms with van der Waals surface area (Å²) < 4.78 is 80.7. The van der Waals surface area contributed by atoms with E-state index in [0.717, 1.165) is 22.1 Å². The highest BCUT2D eigenvalue weighted by atomic mass is 19.4. The number of nitrogens with one attached hydrogen (secondary N) is 1. The van der Waals surface area contributed by atoms with Gasteiger partial charge in [-0.1, -0.05) is 24.3 Å². The molecule has 37 heavy (non-hydrogen) atoms. The molecule has 2 heterocycles. The van der Waals surface area contributed by atoms with Gasteiger partial charge in [-0.3, -0.25) is 14.5 Å². The second-order valence-electron chi connectivity index (χ2n) is 9.37. The molecule has 1 saturated heterocycles. The van der Waals surface area contributed by atoms with E-state index in [2.05, 4.69) is 5.32 Å². The molecule has 5 rings (SSSR count). The molecule has 2 N–H and O–H groups in total. The average molecular weight is 522 g/mol. The minimum absolute atomic E-state index is 0.000932. The summed E-state index contributed by atoms with van der Waals surface area (Å²) >= 11 is 0. The van der Waals surface area contributed by atoms with Crippen molar-refractivity contribution in [1.29, 1.82) is 0 Å². The van der Waals surface area contributed by atoms with Crippen LogP contribution in [-0.2, 0) is 28.4 Å². The lowest BCUT2D eigenvalue weighted by Crippen LogP contribution is -2.38. The second-order valence-corrected chi connectivity index (χ2v) is 9.37. The fourth-order valence-corrected chi connectivity index (χ4v) is 5.51. The number of rotatable bonds is 2. The number of aliphatic hydroxyl groups is 1. The number of aliphatic hydroxyl groups excluding tert-OH is 1. The lowest BCUT2D eigenvalue weighted by atomic mass is 9.91. The van der Waals surface area contributed by atoms with E-state index in [1.165, 1.54) is 13.8 Å². The maximum atomic E-state index is 13.6. The van der Waals surface area contributed by atoms with Gasteiger partial charge in [0.15, 0.2) is 0 Å². The minimum atomic E-state index is -5.36. The third kappa shape index (κ3) is 3.79. The summed E-state index contributed by atoms with van der Waals surface area (Å²) in [5, 5.41) is 14.2. The Labute approximate surface area is 207 Å². The largest absolute Gasteiger partial charge is 0.509 e. The zero-order valence-electron chi connectivity index (χ0n) is 19.5. The zero-order chi connectivity index (χ0) is 27.0. The first-order valence-electron chi connectivity index (χ1n) is 11.3. The first-order valence-corrected chi connectivity index (χ1v) is 11.3. The number of alkyl halides is 6. The molecule has 3 unspecified atom stereocenters. The van der Waals surface area contributed by atoms with E-state index in [4.69, 9.17) is 0 Å². The number of anilines is 1. The van der Waals surface area contributed by atoms with Crippen LogP contribution in [0.2, 0.25) is 0 Å². The van der Waals surface area contributed by atoms with E-state index in [-0.39, 0.29) is 28.9 Å². The molecule has 5 nitrogen and oxygen atoms in total. The van der Waals surface area contributed by atoms with Gasteiger partial charge in [0.1, 0.15) is 11.8 Å². The van der Waals surface area contributed by atoms with Crippen LogP contribution in [0.25, 0.3) is 0 Å². The van der Waals surface area contributed by atoms with Gasteiger partial charge in [0.05, 0.1) is 22.7 Å². The van der Waals surface area contributed by atoms with Crippen LogP contribution in [0, 0.1) is 5.92 Å². The van der Waals surface area contributed by atoms with Crippen LogP contribution < -0.4 is 10.2 Å². The molecule has 0 aromatic heterocycles. The summed E-state index contributed by atoms with van der Waals surface area (Å²) in [5.74, 6) is -2.36. The summed E-state index contributed by atoms with van der Waals surface area (Å²) in [4.78, 5) is 26.8. The lowest BCUT2D eigenvalue weighted by molar-refractivity contribution is -0.162. The highest BCUT2D eigenvalue weighted by Crippen LogP contribution is 2.48. The van der Waals surface area contributed by atoms with Crippen molar-refractivity contribution in [3.63, 3.8) is 0 Å². The molecule has 3 atom stereocenters. The number of hydrogen-bond donors (Lipinski definition) is 2. The molecule has 11 heteroatoms. The van der Waals surface area contributed by atoms with Gasteiger partial charge in [-0.2, -0.15) is 26.3 Å². The number of carbonyl (C=O) groups excluding carboxylic acids is 2. The Bertz CT molecular complexity index is 1410. The molecule has 2 aromatic rings. The van der Waals surface area contributed by atoms with Crippen LogP contribution in [-0.4, -0.2) is 23.0 Å². The van der Waals surface area contributed by atoms with E-state index >= 15 is 0 Å². The fraction of sp³-hybridized carbons (Fsp3) is 0.308. The number of amides is 2. The standard InChI is InChI=1S/C26H20F6N2O3/c1-11-12(2)24(37)34(14-7-8-17(25(27,28)29)18(10-14)26(30,31)32)21(11)22(35)19-16-9-13-5-3-4-6-15(13)20(16)33-23(19)36/h3-8,10,16,20-21,35H,9H2,1-2H3,(H,33,36)/b22-19+. The average Bonchev–Trinajstić information content (AvgIpc) is 3.40. The number of benzene rings is 2. The monoisotopic (exact) mass is 522 g/mol. The number of hydrogen-bond acceptors (Lipinski definition) is 3. The lowest BCUT2D eigenvalue weighted by Gasteiger charge is -2.29. The van der Waals surface area contributed by atoms with Crippen LogP contribution in [0.3, 0.4) is 0 Å². The molecule has 1 aliphatic carbocycles. The van der Waals surface area contributed by atoms with Gasteiger partial charge >= 0.3 is 12.4 Å². The third-order valence-corrected chi connectivity index (χ3v) is 7.36. The van der Waals surface area contributed by atoms with Crippen molar-refractivity contribution in [2.75, 3.05) is 4.90 Å². The number of nitrogens with zero attached hydrogens (tertiary/aromatic N) is 1. The predicted molar refractivity (Wildman–Crippen MR) is 120 cm³/mol. The van der Waals surface area contributed by atoms with Crippen molar-refractivity contribution in [2.45, 2.75) is 44.7 Å². The molecule has 194 valence electrons. The van der Waals surface area contributed by atoms with Crippen molar-refractivity contribution < 1.29 is 41.0 Å². The van der Waals surface area contributed by atoms with E-state index in [1.807, 2.05) is 24.3 Å². The van der Waals surface area contributed by atoms with Crippen LogP contribution in [0.4, 0.5) is 32.0 Å². The van der Waals surface area contributed by atoms with Gasteiger partial charge in [0.2, 0.25) is 0 Å². The maximum Gasteiger partial charge on any atom is 0.417 e. The summed E-state index contributed by atoms with van der Waals surface area (Å²) in [6.07, 6.45) is -10.2. The van der Waals surface area contributed by atoms with Crippen molar-refractivity contribution >= 4 is 17.5 Å². The van der Waals surface area contributed by atoms with Crippen molar-refractivity contribution in [3.05, 3.63) is 87.2 Å². The maximum absolute atomic E-state index is 13.6. The second kappa shape index (κ2) is 8.12. The molecule has 1 fully saturated rings. The summed E-state index contributed by atoms with van der Waals surface area (Å²) in [6, 6.07) is 6.89. The topological polar surface area (TPSA) is 69.6 Å². The Kier molecular flexibility index (Phi) is 5.47. The summed E-state index contributed by atoms with van der Waals surface area (Å²) in [6.45, 7) is 2.89. The summed E-state index contributed by atoms with van der Waals surface area (Å²) in [7, 11) is 0. The zero-order valence-corrected chi connectivity index (χ0v) is 19.5. The van der Waals surface area contributed by atoms with E-state index < -0.39 is 64.7 Å². The van der Waals surface area contributed by atoms with Gasteiger partial charge in [-0.15, -0.1) is 0 Å². The smallest absolute Gasteiger partial charge is 0.417 e. The molecule has 2 amide bonds. The molecule has 2 aromatic carbocycles. The molecule has 0 radical (unpaired) electrons. The Morgan fingerprint density at radius 3 is 2.27 bits per heavy atom. The first kappa shape index (κ1) is 24.9. The quantitative estimate of drug-likeness (QED) is 0.305. The summed E-state index contributed by atoms with van der Waals surface area (Å²) in [5.41, 5.74) is -2.11.